The summed E-state index contributed by atoms with van der Waals surface area (Å²) in [7, 11) is 41.4. The van der Waals surface area contributed by atoms with E-state index in [0.29, 0.717) is 0 Å². The molecule has 0 bridgehead atoms. The second-order valence-corrected chi connectivity index (χ2v) is 31.9. The third-order valence-electron chi connectivity index (χ3n) is 12.9. The Bertz CT molecular complexity index is 1610. The summed E-state index contributed by atoms with van der Waals surface area (Å²) < 4.78 is 0. The van der Waals surface area contributed by atoms with Crippen LogP contribution >= 0.6 is 0 Å². The van der Waals surface area contributed by atoms with Gasteiger partial charge in [-0.25, -0.2) is 0 Å². The summed E-state index contributed by atoms with van der Waals surface area (Å²) in [6, 6.07) is 42.2. The molecular weight excluding hydrogens is 926 g/mol. The van der Waals surface area contributed by atoms with Crippen molar-refractivity contribution in [2.45, 2.75) is 51.6 Å². The molecule has 0 N–H and O–H groups in total. The Morgan fingerprint density at radius 2 is 0.405 bits per heavy atom. The van der Waals surface area contributed by atoms with Crippen molar-refractivity contribution in [3.05, 3.63) is 121 Å². The van der Waals surface area contributed by atoms with Crippen molar-refractivity contribution in [1.29, 1.82) is 0 Å². The van der Waals surface area contributed by atoms with E-state index in [0.717, 1.165) is 78.5 Å². The van der Waals surface area contributed by atoms with Gasteiger partial charge < -0.3 is 59.0 Å². The van der Waals surface area contributed by atoms with Crippen molar-refractivity contribution in [2.24, 2.45) is 0 Å². The molecule has 0 aromatic heterocycles. The molecule has 0 unspecified atom stereocenters. The molecule has 4 aromatic rings. The third kappa shape index (κ3) is 32.2. The molecule has 0 aliphatic rings. The van der Waals surface area contributed by atoms with Gasteiger partial charge in [0, 0.05) is 78.5 Å². The van der Waals surface area contributed by atoms with Gasteiger partial charge in [0.25, 0.3) is 0 Å². The normalized spacial score (nSPS) is 11.9. The number of rotatable bonds is 22. The van der Waals surface area contributed by atoms with Crippen LogP contribution in [-0.2, 0) is 0 Å². The molecule has 6 radical (unpaired) electrons. The molecule has 15 heteroatoms. The summed E-state index contributed by atoms with van der Waals surface area (Å²) in [4.78, 5) is 20.4. The van der Waals surface area contributed by atoms with Crippen LogP contribution in [0.3, 0.4) is 0 Å². The Labute approximate surface area is 487 Å². The van der Waals surface area contributed by atoms with Crippen LogP contribution in [0.15, 0.2) is 121 Å². The van der Waals surface area contributed by atoms with Gasteiger partial charge in [-0.2, -0.15) is 0 Å². The van der Waals surface area contributed by atoms with E-state index in [4.69, 9.17) is 14.9 Å². The van der Waals surface area contributed by atoms with E-state index in [1.807, 2.05) is 24.3 Å². The first-order valence-electron chi connectivity index (χ1n) is 26.2. The van der Waals surface area contributed by atoms with Crippen LogP contribution in [0, 0.1) is 0 Å². The summed E-state index contributed by atoms with van der Waals surface area (Å²) >= 11 is 0. The monoisotopic (exact) mass is 1030 g/mol. The molecule has 4 rings (SSSR count). The van der Waals surface area contributed by atoms with Crippen molar-refractivity contribution < 1.29 is 37.7 Å². The molecule has 0 spiro atoms. The molecule has 0 heterocycles. The predicted molar refractivity (Wildman–Crippen MR) is 331 cm³/mol. The number of hydrogen-bond acceptors (Lipinski definition) is 9. The van der Waals surface area contributed by atoms with Crippen LogP contribution in [0.2, 0.25) is 10.1 Å². The summed E-state index contributed by atoms with van der Waals surface area (Å²) in [5, 5.41) is 5.34. The molecule has 9 nitrogen and oxygen atoms in total. The van der Waals surface area contributed by atoms with Gasteiger partial charge >= 0.3 is 37.7 Å². The van der Waals surface area contributed by atoms with Gasteiger partial charge in [0.15, 0.2) is 0 Å². The van der Waals surface area contributed by atoms with Gasteiger partial charge in [0.2, 0.25) is 0 Å². The number of likely N-dealkylation sites (N-methyl/N-ethyl adjacent to an activating group) is 9. The zero-order chi connectivity index (χ0) is 55.1. The van der Waals surface area contributed by atoms with Crippen molar-refractivity contribution in [3.8, 4) is 0 Å². The molecule has 0 amide bonds. The van der Waals surface area contributed by atoms with Crippen molar-refractivity contribution >= 4 is 51.5 Å². The largest absolute Gasteiger partial charge is 1.00 e. The fraction of sp³-hybridized carbons (Fsp3) is 0.593. The zero-order valence-electron chi connectivity index (χ0n) is 52.2. The van der Waals surface area contributed by atoms with Gasteiger partial charge in [-0.05, 0) is 106 Å². The smallest absolute Gasteiger partial charge is 0.611 e. The van der Waals surface area contributed by atoms with E-state index >= 15 is 0 Å². The van der Waals surface area contributed by atoms with E-state index in [1.54, 1.807) is 0 Å². The second kappa shape index (κ2) is 40.5. The molecule has 4 aromatic carbocycles. The average molecular weight is 1030 g/mol. The summed E-state index contributed by atoms with van der Waals surface area (Å²) in [5.74, 6) is 0. The summed E-state index contributed by atoms with van der Waals surface area (Å²) in [6.45, 7) is 27.3. The quantitative estimate of drug-likeness (QED) is 0.0975. The van der Waals surface area contributed by atoms with Gasteiger partial charge in [-0.15, -0.1) is 15.9 Å². The Morgan fingerprint density at radius 3 is 0.514 bits per heavy atom. The maximum atomic E-state index is 6.96. The van der Waals surface area contributed by atoms with E-state index in [1.165, 1.54) is 20.7 Å². The molecule has 0 aliphatic carbocycles. The minimum Gasteiger partial charge on any atom is -0.611 e. The maximum Gasteiger partial charge on any atom is 1.00 e. The minimum absolute atomic E-state index is 0. The van der Waals surface area contributed by atoms with Crippen LogP contribution in [0.25, 0.3) is 0 Å². The summed E-state index contributed by atoms with van der Waals surface area (Å²) in [5.41, 5.74) is 0. The fourth-order valence-electron chi connectivity index (χ4n) is 7.43. The van der Waals surface area contributed by atoms with Crippen molar-refractivity contribution in [2.75, 3.05) is 184 Å². The molecule has 0 saturated carbocycles. The maximum absolute atomic E-state index is 6.96. The Balaban J connectivity index is -0.000000860. The standard InChI is InChI=1S/2C16H19BSi.3C9H23N3.2Li/c2*1-16(2,3)18(17,14-10-6-4-7-11-14)15-12-8-5-9-13-15;3*1-10(2)6-8-12(5)9-7-11(3)4;;/h2*4-13H,1-3H3;3*6-9H2,1-5H3;;/q2*-1;;;;2*+1. The Hall–Kier alpha value is -1.72. The average Bonchev–Trinajstić information content (AvgIpc) is 3.33. The van der Waals surface area contributed by atoms with E-state index < -0.39 is 15.9 Å². The van der Waals surface area contributed by atoms with E-state index in [9.17, 15) is 0 Å². The predicted octanol–water partition coefficient (Wildman–Crippen LogP) is -0.438. The van der Waals surface area contributed by atoms with Gasteiger partial charge in [0.1, 0.15) is 0 Å². The van der Waals surface area contributed by atoms with Crippen LogP contribution < -0.4 is 58.5 Å². The third-order valence-corrected chi connectivity index (χ3v) is 22.6. The minimum atomic E-state index is -2.20. The molecule has 0 fully saturated rings. The van der Waals surface area contributed by atoms with Crippen LogP contribution in [0.4, 0.5) is 0 Å². The fourth-order valence-corrected chi connectivity index (χ4v) is 14.4. The second-order valence-electron chi connectivity index (χ2n) is 23.3. The first kappa shape index (κ1) is 76.5. The van der Waals surface area contributed by atoms with Crippen LogP contribution in [0.1, 0.15) is 41.5 Å². The number of hydrogen-bond donors (Lipinski definition) is 0. The Kier molecular flexibility index (Phi) is 41.8. The molecule has 404 valence electrons. The molecule has 0 saturated heterocycles. The topological polar surface area (TPSA) is 29.2 Å². The van der Waals surface area contributed by atoms with Crippen molar-refractivity contribution in [3.63, 3.8) is 0 Å². The number of benzene rings is 4. The van der Waals surface area contributed by atoms with Gasteiger partial charge in [0.05, 0.1) is 0 Å². The molecule has 0 atom stereocenters. The van der Waals surface area contributed by atoms with Gasteiger partial charge in [-0.3, -0.25) is 0 Å². The zero-order valence-corrected chi connectivity index (χ0v) is 54.2. The van der Waals surface area contributed by atoms with Crippen molar-refractivity contribution in [1.82, 2.24) is 44.1 Å². The molecule has 74 heavy (non-hydrogen) atoms. The SMILES string of the molecule is CN(C)CCN(C)CCN(C)C.CN(C)CCN(C)CCN(C)C.CN(C)CCN(C)CCN(C)C.[B-][Si](c1ccccc1)(c1ccccc1)C(C)(C)C.[B-][Si](c1ccccc1)(c1ccccc1)C(C)(C)C.[Li+].[Li+]. The summed E-state index contributed by atoms with van der Waals surface area (Å²) in [6.07, 6.45) is 0. The van der Waals surface area contributed by atoms with Crippen LogP contribution in [0.5, 0.6) is 0 Å². The Morgan fingerprint density at radius 1 is 0.270 bits per heavy atom. The van der Waals surface area contributed by atoms with E-state index in [-0.39, 0.29) is 47.8 Å². The first-order chi connectivity index (χ1) is 33.5. The molecular formula is C59H107B2Li2N9Si2. The van der Waals surface area contributed by atoms with Crippen LogP contribution in [-0.4, -0.2) is 259 Å². The van der Waals surface area contributed by atoms with Gasteiger partial charge in [-0.1, -0.05) is 194 Å². The number of nitrogens with zero attached hydrogens (tertiary/aromatic N) is 9. The first-order valence-corrected chi connectivity index (χ1v) is 30.4. The van der Waals surface area contributed by atoms with E-state index in [2.05, 4.69) is 288 Å². The molecule has 0 aliphatic heterocycles.